The van der Waals surface area contributed by atoms with Gasteiger partial charge in [0.1, 0.15) is 18.5 Å². The molecule has 1 unspecified atom stereocenters. The summed E-state index contributed by atoms with van der Waals surface area (Å²) < 4.78 is 57.4. The van der Waals surface area contributed by atoms with Crippen LogP contribution in [0.4, 0.5) is 17.6 Å². The largest absolute Gasteiger partial charge is 0.459 e. The highest BCUT2D eigenvalue weighted by atomic mass is 19.4. The molecule has 0 bridgehead atoms. The minimum absolute atomic E-state index is 0.0347. The van der Waals surface area contributed by atoms with Gasteiger partial charge in [0, 0.05) is 12.1 Å². The van der Waals surface area contributed by atoms with Crippen LogP contribution in [0, 0.1) is 5.82 Å². The first-order chi connectivity index (χ1) is 13.3. The molecule has 0 radical (unpaired) electrons. The van der Waals surface area contributed by atoms with E-state index in [0.29, 0.717) is 25.0 Å². The normalized spacial score (nSPS) is 16.9. The van der Waals surface area contributed by atoms with Crippen LogP contribution in [0.3, 0.4) is 0 Å². The van der Waals surface area contributed by atoms with Crippen LogP contribution in [0.15, 0.2) is 48.5 Å². The zero-order chi connectivity index (χ0) is 20.3. The van der Waals surface area contributed by atoms with Gasteiger partial charge in [-0.15, -0.1) is 0 Å². The van der Waals surface area contributed by atoms with Crippen LogP contribution >= 0.6 is 0 Å². The van der Waals surface area contributed by atoms with E-state index in [1.165, 1.54) is 4.90 Å². The second kappa shape index (κ2) is 8.00. The van der Waals surface area contributed by atoms with Crippen molar-refractivity contribution in [3.8, 4) is 0 Å². The number of benzene rings is 2. The number of rotatable bonds is 4. The van der Waals surface area contributed by atoms with Gasteiger partial charge in [0.25, 0.3) is 5.91 Å². The third kappa shape index (κ3) is 4.32. The SMILES string of the molecule is O=C(OCc1ccccc1)C1CCCN1C(=O)c1ccc(F)c(C(F)(F)F)c1. The standard InChI is InChI=1S/C20H17F4NO3/c21-16-9-8-14(11-15(16)20(22,23)24)18(26)25-10-4-7-17(25)19(27)28-12-13-5-2-1-3-6-13/h1-3,5-6,8-9,11,17H,4,7,10,12H2. The lowest BCUT2D eigenvalue weighted by Crippen LogP contribution is -2.41. The van der Waals surface area contributed by atoms with Crippen LogP contribution in [0.1, 0.15) is 34.3 Å². The summed E-state index contributed by atoms with van der Waals surface area (Å²) in [4.78, 5) is 26.2. The van der Waals surface area contributed by atoms with Gasteiger partial charge >= 0.3 is 12.1 Å². The summed E-state index contributed by atoms with van der Waals surface area (Å²) in [6.07, 6.45) is -4.05. The van der Waals surface area contributed by atoms with Crippen LogP contribution in [0.25, 0.3) is 0 Å². The number of alkyl halides is 3. The molecule has 1 aliphatic heterocycles. The molecule has 1 saturated heterocycles. The average molecular weight is 395 g/mol. The Morgan fingerprint density at radius 3 is 2.50 bits per heavy atom. The van der Waals surface area contributed by atoms with Gasteiger partial charge in [0.15, 0.2) is 0 Å². The first-order valence-corrected chi connectivity index (χ1v) is 8.65. The molecule has 1 aliphatic rings. The lowest BCUT2D eigenvalue weighted by molar-refractivity contribution is -0.149. The third-order valence-electron chi connectivity index (χ3n) is 4.53. The fraction of sp³-hybridized carbons (Fsp3) is 0.300. The molecule has 0 aromatic heterocycles. The number of carbonyl (C=O) groups excluding carboxylic acids is 2. The van der Waals surface area contributed by atoms with Crippen molar-refractivity contribution in [1.82, 2.24) is 4.90 Å². The summed E-state index contributed by atoms with van der Waals surface area (Å²) in [6, 6.07) is 10.2. The van der Waals surface area contributed by atoms with Gasteiger partial charge in [-0.2, -0.15) is 13.2 Å². The average Bonchev–Trinajstić information content (AvgIpc) is 3.15. The molecule has 1 amide bonds. The number of esters is 1. The van der Waals surface area contributed by atoms with E-state index in [1.54, 1.807) is 24.3 Å². The third-order valence-corrected chi connectivity index (χ3v) is 4.53. The number of nitrogens with zero attached hydrogens (tertiary/aromatic N) is 1. The van der Waals surface area contributed by atoms with Crippen LogP contribution in [-0.4, -0.2) is 29.4 Å². The number of hydrogen-bond acceptors (Lipinski definition) is 3. The Morgan fingerprint density at radius 1 is 1.11 bits per heavy atom. The zero-order valence-corrected chi connectivity index (χ0v) is 14.7. The van der Waals surface area contributed by atoms with Crippen molar-refractivity contribution in [2.24, 2.45) is 0 Å². The molecule has 2 aromatic rings. The summed E-state index contributed by atoms with van der Waals surface area (Å²) in [5.41, 5.74) is -1.06. The molecule has 4 nitrogen and oxygen atoms in total. The van der Waals surface area contributed by atoms with E-state index in [-0.39, 0.29) is 18.7 Å². The molecule has 1 atom stereocenters. The van der Waals surface area contributed by atoms with E-state index in [2.05, 4.69) is 0 Å². The number of hydrogen-bond donors (Lipinski definition) is 0. The molecule has 28 heavy (non-hydrogen) atoms. The fourth-order valence-corrected chi connectivity index (χ4v) is 3.12. The van der Waals surface area contributed by atoms with E-state index in [0.717, 1.165) is 11.6 Å². The minimum atomic E-state index is -4.92. The van der Waals surface area contributed by atoms with Gasteiger partial charge in [-0.05, 0) is 36.6 Å². The van der Waals surface area contributed by atoms with Crippen molar-refractivity contribution in [2.45, 2.75) is 31.7 Å². The summed E-state index contributed by atoms with van der Waals surface area (Å²) >= 11 is 0. The smallest absolute Gasteiger partial charge is 0.419 e. The second-order valence-corrected chi connectivity index (χ2v) is 6.44. The van der Waals surface area contributed by atoms with Gasteiger partial charge < -0.3 is 9.64 Å². The molecule has 0 saturated carbocycles. The van der Waals surface area contributed by atoms with Gasteiger partial charge in [-0.25, -0.2) is 9.18 Å². The van der Waals surface area contributed by atoms with Crippen molar-refractivity contribution in [1.29, 1.82) is 0 Å². The van der Waals surface area contributed by atoms with Gasteiger partial charge in [-0.3, -0.25) is 4.79 Å². The number of halogens is 4. The number of ether oxygens (including phenoxy) is 1. The molecule has 2 aromatic carbocycles. The maximum Gasteiger partial charge on any atom is 0.419 e. The Balaban J connectivity index is 1.73. The molecular formula is C20H17F4NO3. The van der Waals surface area contributed by atoms with Gasteiger partial charge in [-0.1, -0.05) is 30.3 Å². The predicted octanol–water partition coefficient (Wildman–Crippen LogP) is 4.19. The first kappa shape index (κ1) is 19.9. The minimum Gasteiger partial charge on any atom is -0.459 e. The van der Waals surface area contributed by atoms with Crippen LogP contribution in [0.2, 0.25) is 0 Å². The lowest BCUT2D eigenvalue weighted by Gasteiger charge is -2.23. The zero-order valence-electron chi connectivity index (χ0n) is 14.7. The Labute approximate surface area is 158 Å². The number of amides is 1. The fourth-order valence-electron chi connectivity index (χ4n) is 3.12. The van der Waals surface area contributed by atoms with Crippen molar-refractivity contribution >= 4 is 11.9 Å². The quantitative estimate of drug-likeness (QED) is 0.576. The highest BCUT2D eigenvalue weighted by molar-refractivity contribution is 5.97. The number of likely N-dealkylation sites (tertiary alicyclic amines) is 1. The topological polar surface area (TPSA) is 46.6 Å². The Bertz CT molecular complexity index is 867. The molecule has 8 heteroatoms. The number of carbonyl (C=O) groups is 2. The van der Waals surface area contributed by atoms with Crippen molar-refractivity contribution in [3.63, 3.8) is 0 Å². The van der Waals surface area contributed by atoms with Crippen LogP contribution in [-0.2, 0) is 22.3 Å². The molecule has 1 fully saturated rings. The monoisotopic (exact) mass is 395 g/mol. The molecule has 0 aliphatic carbocycles. The van der Waals surface area contributed by atoms with E-state index in [1.807, 2.05) is 6.07 Å². The Morgan fingerprint density at radius 2 is 1.82 bits per heavy atom. The molecular weight excluding hydrogens is 378 g/mol. The van der Waals surface area contributed by atoms with Crippen LogP contribution < -0.4 is 0 Å². The van der Waals surface area contributed by atoms with Crippen molar-refractivity contribution in [3.05, 3.63) is 71.0 Å². The summed E-state index contributed by atoms with van der Waals surface area (Å²) in [7, 11) is 0. The van der Waals surface area contributed by atoms with Gasteiger partial charge in [0.2, 0.25) is 0 Å². The molecule has 0 N–H and O–H groups in total. The summed E-state index contributed by atoms with van der Waals surface area (Å²) in [5.74, 6) is -2.83. The van der Waals surface area contributed by atoms with Crippen LogP contribution in [0.5, 0.6) is 0 Å². The van der Waals surface area contributed by atoms with E-state index >= 15 is 0 Å². The summed E-state index contributed by atoms with van der Waals surface area (Å²) in [6.45, 7) is 0.246. The molecule has 148 valence electrons. The first-order valence-electron chi connectivity index (χ1n) is 8.65. The molecule has 3 rings (SSSR count). The highest BCUT2D eigenvalue weighted by Gasteiger charge is 2.38. The maximum absolute atomic E-state index is 13.5. The second-order valence-electron chi connectivity index (χ2n) is 6.44. The Hall–Kier alpha value is -2.90. The molecule has 1 heterocycles. The van der Waals surface area contributed by atoms with E-state index in [9.17, 15) is 27.2 Å². The highest BCUT2D eigenvalue weighted by Crippen LogP contribution is 2.32. The van der Waals surface area contributed by atoms with E-state index < -0.39 is 35.5 Å². The maximum atomic E-state index is 13.5. The Kier molecular flexibility index (Phi) is 5.67. The van der Waals surface area contributed by atoms with Crippen molar-refractivity contribution in [2.75, 3.05) is 6.54 Å². The lowest BCUT2D eigenvalue weighted by atomic mass is 10.1. The summed E-state index contributed by atoms with van der Waals surface area (Å²) in [5, 5.41) is 0. The van der Waals surface area contributed by atoms with Gasteiger partial charge in [0.05, 0.1) is 5.56 Å². The van der Waals surface area contributed by atoms with E-state index in [4.69, 9.17) is 4.74 Å². The molecule has 0 spiro atoms. The predicted molar refractivity (Wildman–Crippen MR) is 91.7 cm³/mol. The van der Waals surface area contributed by atoms with Crippen molar-refractivity contribution < 1.29 is 31.9 Å².